The number of fused-ring (bicyclic) bond motifs is 2. The minimum absolute atomic E-state index is 0.0681. The predicted molar refractivity (Wildman–Crippen MR) is 178 cm³/mol. The highest BCUT2D eigenvalue weighted by molar-refractivity contribution is 6.03. The molecule has 0 bridgehead atoms. The number of aromatic hydroxyl groups is 3. The van der Waals surface area contributed by atoms with Crippen LogP contribution < -0.4 is 16.0 Å². The Balaban J connectivity index is 1.20. The van der Waals surface area contributed by atoms with Crippen LogP contribution in [0.5, 0.6) is 17.2 Å². The smallest absolute Gasteiger partial charge is 0.255 e. The van der Waals surface area contributed by atoms with Gasteiger partial charge in [-0.3, -0.25) is 14.4 Å². The molecule has 0 spiro atoms. The van der Waals surface area contributed by atoms with E-state index in [0.717, 1.165) is 32.7 Å². The summed E-state index contributed by atoms with van der Waals surface area (Å²) in [5.41, 5.74) is 1.94. The van der Waals surface area contributed by atoms with E-state index in [-0.39, 0.29) is 34.3 Å². The van der Waals surface area contributed by atoms with E-state index >= 15 is 0 Å². The first-order valence-corrected chi connectivity index (χ1v) is 15.3. The third-order valence-corrected chi connectivity index (χ3v) is 8.02. The average molecular weight is 620 g/mol. The molecule has 0 heterocycles. The summed E-state index contributed by atoms with van der Waals surface area (Å²) >= 11 is 0. The van der Waals surface area contributed by atoms with E-state index in [1.807, 2.05) is 54.6 Å². The van der Waals surface area contributed by atoms with E-state index < -0.39 is 17.9 Å². The van der Waals surface area contributed by atoms with Crippen LogP contribution in [0.4, 0.5) is 0 Å². The van der Waals surface area contributed by atoms with Gasteiger partial charge in [0, 0.05) is 13.1 Å². The molecule has 9 nitrogen and oxygen atoms in total. The third kappa shape index (κ3) is 7.74. The molecule has 1 atom stereocenters. The van der Waals surface area contributed by atoms with Crippen molar-refractivity contribution < 1.29 is 29.7 Å². The summed E-state index contributed by atoms with van der Waals surface area (Å²) in [7, 11) is 0. The number of benzene rings is 5. The van der Waals surface area contributed by atoms with Gasteiger partial charge in [0.2, 0.25) is 5.91 Å². The lowest BCUT2D eigenvalue weighted by molar-refractivity contribution is -0.123. The van der Waals surface area contributed by atoms with Crippen molar-refractivity contribution in [3.8, 4) is 17.2 Å². The summed E-state index contributed by atoms with van der Waals surface area (Å²) < 4.78 is 0. The van der Waals surface area contributed by atoms with Crippen molar-refractivity contribution in [2.45, 2.75) is 38.6 Å². The average Bonchev–Trinajstić information content (AvgIpc) is 3.04. The lowest BCUT2D eigenvalue weighted by atomic mass is 10.0. The summed E-state index contributed by atoms with van der Waals surface area (Å²) in [4.78, 5) is 39.4. The number of unbranched alkanes of at least 4 members (excludes halogenated alkanes) is 1. The van der Waals surface area contributed by atoms with Gasteiger partial charge < -0.3 is 31.3 Å². The van der Waals surface area contributed by atoms with Gasteiger partial charge in [-0.1, -0.05) is 60.7 Å². The van der Waals surface area contributed by atoms with Crippen molar-refractivity contribution in [2.75, 3.05) is 13.1 Å². The van der Waals surface area contributed by atoms with E-state index in [1.165, 1.54) is 6.07 Å². The molecule has 0 radical (unpaired) electrons. The van der Waals surface area contributed by atoms with E-state index in [4.69, 9.17) is 0 Å². The van der Waals surface area contributed by atoms with Gasteiger partial charge in [0.25, 0.3) is 11.8 Å². The second kappa shape index (κ2) is 14.5. The van der Waals surface area contributed by atoms with E-state index in [0.29, 0.717) is 38.8 Å². The standard InChI is InChI=1S/C37H37N3O6/c1-23-18-24(13-14-32(23)41)15-17-39-37(46)31(40-36(45)30-20-26-9-3-5-11-28(26)22-34(30)43)12-6-7-16-38-35(44)29-19-25-8-2-4-10-27(25)21-33(29)42/h2-5,8-11,13-14,18-22,31,41-43H,6-7,12,15-17H2,1H3,(H,38,44)(H,39,46)(H,40,45). The fourth-order valence-electron chi connectivity index (χ4n) is 5.42. The molecule has 46 heavy (non-hydrogen) atoms. The highest BCUT2D eigenvalue weighted by atomic mass is 16.3. The zero-order valence-corrected chi connectivity index (χ0v) is 25.5. The summed E-state index contributed by atoms with van der Waals surface area (Å²) in [5, 5.41) is 42.5. The number of amides is 3. The Labute approximate surface area is 266 Å². The molecule has 0 aromatic heterocycles. The zero-order valence-electron chi connectivity index (χ0n) is 25.5. The van der Waals surface area contributed by atoms with Crippen molar-refractivity contribution in [1.82, 2.24) is 16.0 Å². The van der Waals surface area contributed by atoms with Gasteiger partial charge in [-0.05, 0) is 95.6 Å². The van der Waals surface area contributed by atoms with Crippen molar-refractivity contribution in [1.29, 1.82) is 0 Å². The molecule has 0 aliphatic carbocycles. The number of nitrogens with one attached hydrogen (secondary N) is 3. The van der Waals surface area contributed by atoms with Crippen LogP contribution >= 0.6 is 0 Å². The molecule has 0 fully saturated rings. The SMILES string of the molecule is Cc1cc(CCNC(=O)C(CCCCNC(=O)c2cc3ccccc3cc2O)NC(=O)c2cc3ccccc3cc2O)ccc1O. The van der Waals surface area contributed by atoms with Crippen LogP contribution in [0.2, 0.25) is 0 Å². The Bertz CT molecular complexity index is 1900. The topological polar surface area (TPSA) is 148 Å². The van der Waals surface area contributed by atoms with Crippen LogP contribution in [0.15, 0.2) is 91.0 Å². The summed E-state index contributed by atoms with van der Waals surface area (Å²) in [6, 6.07) is 25.5. The molecule has 0 saturated heterocycles. The molecule has 0 aliphatic heterocycles. The number of phenolic OH excluding ortho intramolecular Hbond substituents is 3. The van der Waals surface area contributed by atoms with Gasteiger partial charge in [0.15, 0.2) is 0 Å². The van der Waals surface area contributed by atoms with Crippen LogP contribution in [0.1, 0.15) is 51.1 Å². The second-order valence-corrected chi connectivity index (χ2v) is 11.4. The highest BCUT2D eigenvalue weighted by Crippen LogP contribution is 2.26. The van der Waals surface area contributed by atoms with Crippen LogP contribution in [0.25, 0.3) is 21.5 Å². The molecule has 1 unspecified atom stereocenters. The van der Waals surface area contributed by atoms with Gasteiger partial charge >= 0.3 is 0 Å². The number of phenols is 3. The number of carbonyl (C=O) groups is 3. The number of carbonyl (C=O) groups excluding carboxylic acids is 3. The minimum Gasteiger partial charge on any atom is -0.508 e. The Morgan fingerprint density at radius 1 is 0.630 bits per heavy atom. The molecular formula is C37H37N3O6. The molecule has 0 saturated carbocycles. The maximum absolute atomic E-state index is 13.3. The fourth-order valence-corrected chi connectivity index (χ4v) is 5.42. The first kappa shape index (κ1) is 31.8. The van der Waals surface area contributed by atoms with Crippen LogP contribution in [0.3, 0.4) is 0 Å². The lowest BCUT2D eigenvalue weighted by Gasteiger charge is -2.19. The number of hydrogen-bond donors (Lipinski definition) is 6. The maximum Gasteiger partial charge on any atom is 0.255 e. The Morgan fingerprint density at radius 2 is 1.20 bits per heavy atom. The Hall–Kier alpha value is -5.57. The molecule has 9 heteroatoms. The van der Waals surface area contributed by atoms with Gasteiger partial charge in [-0.25, -0.2) is 0 Å². The van der Waals surface area contributed by atoms with E-state index in [1.54, 1.807) is 37.3 Å². The highest BCUT2D eigenvalue weighted by Gasteiger charge is 2.23. The lowest BCUT2D eigenvalue weighted by Crippen LogP contribution is -2.47. The zero-order chi connectivity index (χ0) is 32.6. The van der Waals surface area contributed by atoms with E-state index in [2.05, 4.69) is 16.0 Å². The normalized spacial score (nSPS) is 11.7. The van der Waals surface area contributed by atoms with Crippen molar-refractivity contribution in [3.05, 3.63) is 113 Å². The Kier molecular flexibility index (Phi) is 10.0. The van der Waals surface area contributed by atoms with Crippen LogP contribution in [-0.2, 0) is 11.2 Å². The molecule has 236 valence electrons. The van der Waals surface area contributed by atoms with Gasteiger partial charge in [0.1, 0.15) is 23.3 Å². The number of rotatable bonds is 12. The van der Waals surface area contributed by atoms with E-state index in [9.17, 15) is 29.7 Å². The molecule has 6 N–H and O–H groups in total. The minimum atomic E-state index is -0.889. The molecule has 5 aromatic carbocycles. The third-order valence-electron chi connectivity index (χ3n) is 8.02. The maximum atomic E-state index is 13.3. The Morgan fingerprint density at radius 3 is 1.78 bits per heavy atom. The van der Waals surface area contributed by atoms with Crippen LogP contribution in [-0.4, -0.2) is 52.2 Å². The summed E-state index contributed by atoms with van der Waals surface area (Å²) in [5.74, 6) is -1.42. The van der Waals surface area contributed by atoms with Gasteiger partial charge in [-0.15, -0.1) is 0 Å². The molecule has 0 aliphatic rings. The largest absolute Gasteiger partial charge is 0.508 e. The monoisotopic (exact) mass is 619 g/mol. The van der Waals surface area contributed by atoms with Crippen molar-refractivity contribution in [2.24, 2.45) is 0 Å². The van der Waals surface area contributed by atoms with Crippen molar-refractivity contribution in [3.63, 3.8) is 0 Å². The first-order valence-electron chi connectivity index (χ1n) is 15.3. The summed E-state index contributed by atoms with van der Waals surface area (Å²) in [6.07, 6.45) is 1.85. The first-order chi connectivity index (χ1) is 22.2. The van der Waals surface area contributed by atoms with Crippen molar-refractivity contribution >= 4 is 39.3 Å². The number of hydrogen-bond acceptors (Lipinski definition) is 6. The second-order valence-electron chi connectivity index (χ2n) is 11.4. The van der Waals surface area contributed by atoms with Gasteiger partial charge in [0.05, 0.1) is 11.1 Å². The quantitative estimate of drug-likeness (QED) is 0.102. The molecule has 5 rings (SSSR count). The summed E-state index contributed by atoms with van der Waals surface area (Å²) in [6.45, 7) is 2.43. The predicted octanol–water partition coefficient (Wildman–Crippen LogP) is 5.48. The fraction of sp³-hybridized carbons (Fsp3) is 0.216. The van der Waals surface area contributed by atoms with Gasteiger partial charge in [-0.2, -0.15) is 0 Å². The molecular weight excluding hydrogens is 582 g/mol. The molecule has 5 aromatic rings. The van der Waals surface area contributed by atoms with Crippen LogP contribution in [0, 0.1) is 6.92 Å². The molecule has 3 amide bonds. The number of aryl methyl sites for hydroxylation is 1.